The van der Waals surface area contributed by atoms with E-state index in [1.165, 1.54) is 18.4 Å². The average molecular weight is 316 g/mol. The number of carbonyl (C=O) groups excluding carboxylic acids is 1. The van der Waals surface area contributed by atoms with Gasteiger partial charge in [-0.15, -0.1) is 0 Å². The van der Waals surface area contributed by atoms with E-state index in [0.717, 1.165) is 0 Å². The van der Waals surface area contributed by atoms with Crippen molar-refractivity contribution in [3.63, 3.8) is 0 Å². The lowest BCUT2D eigenvalue weighted by molar-refractivity contribution is 0.0418. The molecule has 1 amide bonds. The highest BCUT2D eigenvalue weighted by Gasteiger charge is 2.27. The first-order chi connectivity index (χ1) is 11.2. The Morgan fingerprint density at radius 1 is 1.39 bits per heavy atom. The quantitative estimate of drug-likeness (QED) is 0.852. The van der Waals surface area contributed by atoms with E-state index in [2.05, 4.69) is 5.16 Å². The summed E-state index contributed by atoms with van der Waals surface area (Å²) in [5.41, 5.74) is 1.39. The highest BCUT2D eigenvalue weighted by molar-refractivity contribution is 6.01. The summed E-state index contributed by atoms with van der Waals surface area (Å²) in [6.07, 6.45) is 1.76. The zero-order valence-corrected chi connectivity index (χ0v) is 12.7. The van der Waals surface area contributed by atoms with Crippen molar-refractivity contribution in [1.82, 2.24) is 4.90 Å². The molecular formula is C17H17FN2O3. The molecule has 0 spiro atoms. The second-order valence-corrected chi connectivity index (χ2v) is 5.30. The molecule has 0 saturated heterocycles. The third kappa shape index (κ3) is 3.41. The van der Waals surface area contributed by atoms with Crippen LogP contribution in [-0.4, -0.2) is 35.7 Å². The molecule has 1 aromatic carbocycles. The molecule has 0 fully saturated rings. The van der Waals surface area contributed by atoms with Crippen molar-refractivity contribution in [1.29, 1.82) is 0 Å². The topological polar surface area (TPSA) is 55.0 Å². The summed E-state index contributed by atoms with van der Waals surface area (Å²) in [5.74, 6) is -0.187. The number of rotatable bonds is 5. The van der Waals surface area contributed by atoms with Crippen LogP contribution in [0.5, 0.6) is 0 Å². The first-order valence-corrected chi connectivity index (χ1v) is 7.48. The fourth-order valence-corrected chi connectivity index (χ4v) is 2.52. The van der Waals surface area contributed by atoms with Crippen molar-refractivity contribution in [2.24, 2.45) is 5.16 Å². The van der Waals surface area contributed by atoms with Gasteiger partial charge in [0, 0.05) is 18.5 Å². The Morgan fingerprint density at radius 2 is 2.26 bits per heavy atom. The second kappa shape index (κ2) is 6.64. The predicted octanol–water partition coefficient (Wildman–Crippen LogP) is 3.07. The maximum absolute atomic E-state index is 13.3. The lowest BCUT2D eigenvalue weighted by atomic mass is 10.0. The Hall–Kier alpha value is -2.63. The summed E-state index contributed by atoms with van der Waals surface area (Å²) in [6.45, 7) is 2.83. The Balaban J connectivity index is 1.62. The molecule has 6 heteroatoms. The zero-order chi connectivity index (χ0) is 16.2. The third-order valence-electron chi connectivity index (χ3n) is 3.72. The molecule has 120 valence electrons. The minimum absolute atomic E-state index is 0.180. The number of furan rings is 1. The predicted molar refractivity (Wildman–Crippen MR) is 82.7 cm³/mol. The fourth-order valence-electron chi connectivity index (χ4n) is 2.52. The van der Waals surface area contributed by atoms with Crippen LogP contribution in [0.3, 0.4) is 0 Å². The van der Waals surface area contributed by atoms with Gasteiger partial charge in [-0.25, -0.2) is 4.39 Å². The maximum Gasteiger partial charge on any atom is 0.289 e. The molecular weight excluding hydrogens is 299 g/mol. The monoisotopic (exact) mass is 316 g/mol. The van der Waals surface area contributed by atoms with E-state index in [0.29, 0.717) is 36.5 Å². The van der Waals surface area contributed by atoms with E-state index in [1.807, 2.05) is 6.92 Å². The number of hydrogen-bond acceptors (Lipinski definition) is 4. The van der Waals surface area contributed by atoms with Gasteiger partial charge in [-0.05, 0) is 31.2 Å². The first kappa shape index (κ1) is 15.3. The van der Waals surface area contributed by atoms with Gasteiger partial charge in [0.05, 0.1) is 18.5 Å². The van der Waals surface area contributed by atoms with E-state index >= 15 is 0 Å². The van der Waals surface area contributed by atoms with Crippen molar-refractivity contribution < 1.29 is 18.4 Å². The maximum atomic E-state index is 13.3. The van der Waals surface area contributed by atoms with Gasteiger partial charge in [-0.1, -0.05) is 17.3 Å². The minimum Gasteiger partial charge on any atom is -0.459 e. The lowest BCUT2D eigenvalue weighted by Gasteiger charge is -2.22. The van der Waals surface area contributed by atoms with Crippen molar-refractivity contribution in [3.05, 3.63) is 59.8 Å². The average Bonchev–Trinajstić information content (AvgIpc) is 3.23. The molecule has 0 N–H and O–H groups in total. The zero-order valence-electron chi connectivity index (χ0n) is 12.7. The molecule has 1 aliphatic rings. The number of amides is 1. The molecule has 1 aromatic heterocycles. The Bertz CT molecular complexity index is 712. The van der Waals surface area contributed by atoms with Gasteiger partial charge >= 0.3 is 0 Å². The van der Waals surface area contributed by atoms with Crippen LogP contribution >= 0.6 is 0 Å². The standard InChI is InChI=1S/C17H17FN2O3/c1-2-20(17(21)16-7-4-8-22-16)11-14-10-15(19-23-14)12-5-3-6-13(18)9-12/h3-9,14H,2,10-11H2,1H3. The molecule has 1 atom stereocenters. The summed E-state index contributed by atoms with van der Waals surface area (Å²) < 4.78 is 18.4. The molecule has 23 heavy (non-hydrogen) atoms. The van der Waals surface area contributed by atoms with Crippen LogP contribution in [0.25, 0.3) is 0 Å². The molecule has 3 rings (SSSR count). The van der Waals surface area contributed by atoms with Crippen LogP contribution < -0.4 is 0 Å². The van der Waals surface area contributed by atoms with E-state index in [1.54, 1.807) is 29.2 Å². The smallest absolute Gasteiger partial charge is 0.289 e. The van der Waals surface area contributed by atoms with Gasteiger partial charge in [0.2, 0.25) is 0 Å². The highest BCUT2D eigenvalue weighted by Crippen LogP contribution is 2.19. The van der Waals surface area contributed by atoms with E-state index in [9.17, 15) is 9.18 Å². The van der Waals surface area contributed by atoms with E-state index in [4.69, 9.17) is 9.25 Å². The van der Waals surface area contributed by atoms with Crippen LogP contribution in [0.2, 0.25) is 0 Å². The number of nitrogens with zero attached hydrogens (tertiary/aromatic N) is 2. The molecule has 2 heterocycles. The molecule has 1 unspecified atom stereocenters. The fraction of sp³-hybridized carbons (Fsp3) is 0.294. The van der Waals surface area contributed by atoms with Crippen molar-refractivity contribution in [2.45, 2.75) is 19.4 Å². The van der Waals surface area contributed by atoms with Crippen LogP contribution in [-0.2, 0) is 4.84 Å². The van der Waals surface area contributed by atoms with Crippen LogP contribution in [0.4, 0.5) is 4.39 Å². The number of benzene rings is 1. The Morgan fingerprint density at radius 3 is 2.96 bits per heavy atom. The summed E-state index contributed by atoms with van der Waals surface area (Å²) in [7, 11) is 0. The SMILES string of the molecule is CCN(CC1CC(c2cccc(F)c2)=NO1)C(=O)c1ccco1. The molecule has 2 aromatic rings. The number of carbonyl (C=O) groups is 1. The highest BCUT2D eigenvalue weighted by atomic mass is 19.1. The summed E-state index contributed by atoms with van der Waals surface area (Å²) >= 11 is 0. The number of oxime groups is 1. The molecule has 5 nitrogen and oxygen atoms in total. The van der Waals surface area contributed by atoms with Crippen LogP contribution in [0.1, 0.15) is 29.5 Å². The van der Waals surface area contributed by atoms with Crippen molar-refractivity contribution >= 4 is 11.6 Å². The molecule has 0 radical (unpaired) electrons. The van der Waals surface area contributed by atoms with E-state index < -0.39 is 0 Å². The lowest BCUT2D eigenvalue weighted by Crippen LogP contribution is -2.37. The summed E-state index contributed by atoms with van der Waals surface area (Å²) in [4.78, 5) is 19.4. The minimum atomic E-state index is -0.308. The summed E-state index contributed by atoms with van der Waals surface area (Å²) in [5, 5.41) is 4.03. The van der Waals surface area contributed by atoms with Gasteiger partial charge in [-0.3, -0.25) is 4.79 Å². The molecule has 0 saturated carbocycles. The summed E-state index contributed by atoms with van der Waals surface area (Å²) in [6, 6.07) is 9.56. The molecule has 1 aliphatic heterocycles. The number of halogens is 1. The van der Waals surface area contributed by atoms with Gasteiger partial charge in [0.25, 0.3) is 5.91 Å². The number of hydrogen-bond donors (Lipinski definition) is 0. The van der Waals surface area contributed by atoms with Crippen molar-refractivity contribution in [2.75, 3.05) is 13.1 Å². The van der Waals surface area contributed by atoms with Gasteiger partial charge in [0.15, 0.2) is 11.9 Å². The van der Waals surface area contributed by atoms with Crippen LogP contribution in [0.15, 0.2) is 52.2 Å². The van der Waals surface area contributed by atoms with E-state index in [-0.39, 0.29) is 17.8 Å². The largest absolute Gasteiger partial charge is 0.459 e. The number of likely N-dealkylation sites (N-methyl/N-ethyl adjacent to an activating group) is 1. The molecule has 0 aliphatic carbocycles. The van der Waals surface area contributed by atoms with Crippen molar-refractivity contribution in [3.8, 4) is 0 Å². The third-order valence-corrected chi connectivity index (χ3v) is 3.72. The van der Waals surface area contributed by atoms with Gasteiger partial charge in [-0.2, -0.15) is 0 Å². The first-order valence-electron chi connectivity index (χ1n) is 7.48. The van der Waals surface area contributed by atoms with Gasteiger partial charge in [0.1, 0.15) is 5.82 Å². The Labute approximate surface area is 133 Å². The Kier molecular flexibility index (Phi) is 4.41. The van der Waals surface area contributed by atoms with Gasteiger partial charge < -0.3 is 14.2 Å². The second-order valence-electron chi connectivity index (χ2n) is 5.30. The normalized spacial score (nSPS) is 16.8. The molecule has 0 bridgehead atoms. The van der Waals surface area contributed by atoms with Crippen LogP contribution in [0, 0.1) is 5.82 Å².